The van der Waals surface area contributed by atoms with Crippen molar-refractivity contribution >= 4 is 15.9 Å². The molecule has 1 saturated heterocycles. The van der Waals surface area contributed by atoms with E-state index >= 15 is 0 Å². The SMILES string of the molecule is CC(C)c1ccc(S(=O)(=O)N2CCN(C(C)C(=O)NCc3ccccc3)CC2)cc1. The molecule has 2 aromatic carbocycles. The van der Waals surface area contributed by atoms with Crippen LogP contribution in [0.4, 0.5) is 0 Å². The number of sulfonamides is 1. The van der Waals surface area contributed by atoms with Crippen molar-refractivity contribution in [2.75, 3.05) is 26.2 Å². The highest BCUT2D eigenvalue weighted by Gasteiger charge is 2.31. The van der Waals surface area contributed by atoms with Crippen LogP contribution in [0.1, 0.15) is 37.8 Å². The fourth-order valence-electron chi connectivity index (χ4n) is 3.60. The Bertz CT molecular complexity index is 935. The second-order valence-electron chi connectivity index (χ2n) is 8.04. The maximum atomic E-state index is 13.0. The van der Waals surface area contributed by atoms with Gasteiger partial charge in [-0.3, -0.25) is 9.69 Å². The Morgan fingerprint density at radius 2 is 1.53 bits per heavy atom. The van der Waals surface area contributed by atoms with Crippen LogP contribution >= 0.6 is 0 Å². The first-order valence-electron chi connectivity index (χ1n) is 10.4. The van der Waals surface area contributed by atoms with Crippen LogP contribution in [0.5, 0.6) is 0 Å². The molecule has 0 aromatic heterocycles. The largest absolute Gasteiger partial charge is 0.351 e. The predicted octanol–water partition coefficient (Wildman–Crippen LogP) is 2.82. The number of benzene rings is 2. The minimum atomic E-state index is -3.51. The molecule has 162 valence electrons. The van der Waals surface area contributed by atoms with Crippen molar-refractivity contribution in [2.24, 2.45) is 0 Å². The van der Waals surface area contributed by atoms with Crippen molar-refractivity contribution in [2.45, 2.75) is 44.2 Å². The molecule has 1 aliphatic rings. The summed E-state index contributed by atoms with van der Waals surface area (Å²) in [4.78, 5) is 14.9. The molecule has 6 nitrogen and oxygen atoms in total. The molecule has 3 rings (SSSR count). The normalized spacial score (nSPS) is 17.1. The zero-order valence-electron chi connectivity index (χ0n) is 17.9. The van der Waals surface area contributed by atoms with Crippen LogP contribution in [0.25, 0.3) is 0 Å². The molecule has 0 spiro atoms. The van der Waals surface area contributed by atoms with Crippen LogP contribution in [0.2, 0.25) is 0 Å². The molecule has 7 heteroatoms. The second kappa shape index (κ2) is 9.73. The van der Waals surface area contributed by atoms with Gasteiger partial charge < -0.3 is 5.32 Å². The highest BCUT2D eigenvalue weighted by Crippen LogP contribution is 2.21. The van der Waals surface area contributed by atoms with E-state index in [1.807, 2.05) is 54.3 Å². The van der Waals surface area contributed by atoms with Crippen molar-refractivity contribution in [3.05, 3.63) is 65.7 Å². The number of rotatable bonds is 7. The van der Waals surface area contributed by atoms with Crippen LogP contribution in [0, 0.1) is 0 Å². The molecule has 1 N–H and O–H groups in total. The maximum Gasteiger partial charge on any atom is 0.243 e. The molecule has 1 heterocycles. The molecule has 1 amide bonds. The van der Waals surface area contributed by atoms with Gasteiger partial charge in [0.15, 0.2) is 0 Å². The fraction of sp³-hybridized carbons (Fsp3) is 0.435. The number of piperazine rings is 1. The van der Waals surface area contributed by atoms with Gasteiger partial charge in [-0.1, -0.05) is 56.3 Å². The van der Waals surface area contributed by atoms with Gasteiger partial charge in [-0.2, -0.15) is 4.31 Å². The molecule has 0 aliphatic carbocycles. The summed E-state index contributed by atoms with van der Waals surface area (Å²) in [6.07, 6.45) is 0. The summed E-state index contributed by atoms with van der Waals surface area (Å²) in [7, 11) is -3.51. The molecule has 1 fully saturated rings. The van der Waals surface area contributed by atoms with E-state index in [2.05, 4.69) is 19.2 Å². The fourth-order valence-corrected chi connectivity index (χ4v) is 5.03. The van der Waals surface area contributed by atoms with E-state index in [0.29, 0.717) is 43.5 Å². The third-order valence-electron chi connectivity index (χ3n) is 5.69. The van der Waals surface area contributed by atoms with Crippen molar-refractivity contribution in [3.8, 4) is 0 Å². The average Bonchev–Trinajstić information content (AvgIpc) is 2.77. The van der Waals surface area contributed by atoms with Gasteiger partial charge in [0.05, 0.1) is 10.9 Å². The quantitative estimate of drug-likeness (QED) is 0.735. The topological polar surface area (TPSA) is 69.7 Å². The van der Waals surface area contributed by atoms with Crippen molar-refractivity contribution in [3.63, 3.8) is 0 Å². The van der Waals surface area contributed by atoms with Gasteiger partial charge in [-0.25, -0.2) is 8.42 Å². The van der Waals surface area contributed by atoms with Crippen LogP contribution in [-0.4, -0.2) is 55.8 Å². The van der Waals surface area contributed by atoms with Gasteiger partial charge in [-0.15, -0.1) is 0 Å². The van der Waals surface area contributed by atoms with Gasteiger partial charge in [0.25, 0.3) is 0 Å². The lowest BCUT2D eigenvalue weighted by molar-refractivity contribution is -0.126. The van der Waals surface area contributed by atoms with Crippen LogP contribution < -0.4 is 5.32 Å². The zero-order chi connectivity index (χ0) is 21.7. The van der Waals surface area contributed by atoms with E-state index in [1.165, 1.54) is 4.31 Å². The number of hydrogen-bond donors (Lipinski definition) is 1. The van der Waals surface area contributed by atoms with Crippen molar-refractivity contribution in [1.82, 2.24) is 14.5 Å². The molecule has 0 bridgehead atoms. The third-order valence-corrected chi connectivity index (χ3v) is 7.61. The first kappa shape index (κ1) is 22.5. The molecule has 30 heavy (non-hydrogen) atoms. The van der Waals surface area contributed by atoms with Crippen molar-refractivity contribution < 1.29 is 13.2 Å². The summed E-state index contributed by atoms with van der Waals surface area (Å²) >= 11 is 0. The molecule has 1 aliphatic heterocycles. The lowest BCUT2D eigenvalue weighted by Crippen LogP contribution is -2.54. The molecule has 0 saturated carbocycles. The number of nitrogens with one attached hydrogen (secondary N) is 1. The summed E-state index contributed by atoms with van der Waals surface area (Å²) in [5.74, 6) is 0.319. The Morgan fingerprint density at radius 1 is 0.933 bits per heavy atom. The van der Waals surface area contributed by atoms with Gasteiger partial charge in [0, 0.05) is 32.7 Å². The highest BCUT2D eigenvalue weighted by atomic mass is 32.2. The number of carbonyl (C=O) groups is 1. The lowest BCUT2D eigenvalue weighted by atomic mass is 10.0. The number of hydrogen-bond acceptors (Lipinski definition) is 4. The summed E-state index contributed by atoms with van der Waals surface area (Å²) in [6.45, 7) is 8.35. The first-order valence-corrected chi connectivity index (χ1v) is 11.9. The van der Waals surface area contributed by atoms with E-state index < -0.39 is 10.0 Å². The van der Waals surface area contributed by atoms with Crippen LogP contribution in [0.3, 0.4) is 0 Å². The average molecular weight is 430 g/mol. The summed E-state index contributed by atoms with van der Waals surface area (Å²) in [5, 5.41) is 2.97. The molecular weight excluding hydrogens is 398 g/mol. The molecule has 1 atom stereocenters. The Kier molecular flexibility index (Phi) is 7.28. The predicted molar refractivity (Wildman–Crippen MR) is 119 cm³/mol. The van der Waals surface area contributed by atoms with Crippen LogP contribution in [0.15, 0.2) is 59.5 Å². The molecular formula is C23H31N3O3S. The van der Waals surface area contributed by atoms with E-state index in [4.69, 9.17) is 0 Å². The van der Waals surface area contributed by atoms with Gasteiger partial charge in [0.1, 0.15) is 0 Å². The minimum Gasteiger partial charge on any atom is -0.351 e. The van der Waals surface area contributed by atoms with Gasteiger partial charge >= 0.3 is 0 Å². The van der Waals surface area contributed by atoms with Crippen molar-refractivity contribution in [1.29, 1.82) is 0 Å². The van der Waals surface area contributed by atoms with Gasteiger partial charge in [0.2, 0.25) is 15.9 Å². The van der Waals surface area contributed by atoms with E-state index in [9.17, 15) is 13.2 Å². The number of carbonyl (C=O) groups excluding carboxylic acids is 1. The third kappa shape index (κ3) is 5.28. The molecule has 2 aromatic rings. The second-order valence-corrected chi connectivity index (χ2v) is 9.98. The Hall–Kier alpha value is -2.22. The minimum absolute atomic E-state index is 0.0422. The summed E-state index contributed by atoms with van der Waals surface area (Å²) < 4.78 is 27.4. The van der Waals surface area contributed by atoms with E-state index in [1.54, 1.807) is 12.1 Å². The van der Waals surface area contributed by atoms with E-state index in [-0.39, 0.29) is 11.9 Å². The Labute approximate surface area is 179 Å². The molecule has 1 unspecified atom stereocenters. The Balaban J connectivity index is 1.54. The van der Waals surface area contributed by atoms with Crippen LogP contribution in [-0.2, 0) is 21.4 Å². The monoisotopic (exact) mass is 429 g/mol. The smallest absolute Gasteiger partial charge is 0.243 e. The molecule has 0 radical (unpaired) electrons. The highest BCUT2D eigenvalue weighted by molar-refractivity contribution is 7.89. The van der Waals surface area contributed by atoms with E-state index in [0.717, 1.165) is 11.1 Å². The number of amides is 1. The zero-order valence-corrected chi connectivity index (χ0v) is 18.7. The number of nitrogens with zero attached hydrogens (tertiary/aromatic N) is 2. The Morgan fingerprint density at radius 3 is 2.10 bits per heavy atom. The summed E-state index contributed by atoms with van der Waals surface area (Å²) in [5.41, 5.74) is 2.17. The van der Waals surface area contributed by atoms with Gasteiger partial charge in [-0.05, 0) is 36.1 Å². The standard InChI is InChI=1S/C23H31N3O3S/c1-18(2)21-9-11-22(12-10-21)30(28,29)26-15-13-25(14-16-26)19(3)23(27)24-17-20-7-5-4-6-8-20/h4-12,18-19H,13-17H2,1-3H3,(H,24,27). The first-order chi connectivity index (χ1) is 14.3. The summed E-state index contributed by atoms with van der Waals surface area (Å²) in [6, 6.07) is 16.6. The maximum absolute atomic E-state index is 13.0. The lowest BCUT2D eigenvalue weighted by Gasteiger charge is -2.36.